The molecule has 1 fully saturated rings. The highest BCUT2D eigenvalue weighted by atomic mass is 16.5. The van der Waals surface area contributed by atoms with Gasteiger partial charge in [-0.25, -0.2) is 4.79 Å². The molecule has 4 rings (SSSR count). The Hall–Kier alpha value is -2.79. The number of fused-ring (bicyclic) bond motifs is 1. The molecular weight excluding hydrogens is 400 g/mol. The van der Waals surface area contributed by atoms with Crippen LogP contribution < -0.4 is 4.74 Å². The number of benzene rings is 2. The average Bonchev–Trinajstić information content (AvgIpc) is 3.19. The largest absolute Gasteiger partial charge is 0.492 e. The van der Waals surface area contributed by atoms with Gasteiger partial charge in [0.1, 0.15) is 12.4 Å². The summed E-state index contributed by atoms with van der Waals surface area (Å²) in [6.45, 7) is 7.05. The summed E-state index contributed by atoms with van der Waals surface area (Å²) in [5, 5.41) is 10.4. The third-order valence-corrected chi connectivity index (χ3v) is 6.63. The molecule has 5 nitrogen and oxygen atoms in total. The number of aryl methyl sites for hydroxylation is 1. The van der Waals surface area contributed by atoms with E-state index in [1.807, 2.05) is 0 Å². The van der Waals surface area contributed by atoms with Crippen LogP contribution in [0.25, 0.3) is 10.9 Å². The minimum absolute atomic E-state index is 0.283. The second kappa shape index (κ2) is 10.7. The van der Waals surface area contributed by atoms with E-state index < -0.39 is 5.97 Å². The fourth-order valence-corrected chi connectivity index (χ4v) is 4.77. The molecule has 2 aromatic carbocycles. The van der Waals surface area contributed by atoms with Gasteiger partial charge in [0.15, 0.2) is 0 Å². The van der Waals surface area contributed by atoms with Crippen molar-refractivity contribution in [3.63, 3.8) is 0 Å². The molecule has 1 N–H and O–H groups in total. The number of carboxylic acids is 1. The molecule has 0 amide bonds. The lowest BCUT2D eigenvalue weighted by atomic mass is 9.89. The number of unbranched alkanes of at least 4 members (excludes halogenated alkanes) is 2. The van der Waals surface area contributed by atoms with Crippen LogP contribution in [0.3, 0.4) is 0 Å². The molecule has 1 aliphatic rings. The van der Waals surface area contributed by atoms with Crippen molar-refractivity contribution in [3.05, 3.63) is 65.9 Å². The van der Waals surface area contributed by atoms with Crippen molar-refractivity contribution >= 4 is 16.9 Å². The van der Waals surface area contributed by atoms with E-state index in [9.17, 15) is 4.79 Å². The van der Waals surface area contributed by atoms with Crippen LogP contribution >= 0.6 is 0 Å². The molecule has 0 spiro atoms. The zero-order chi connectivity index (χ0) is 22.3. The maximum Gasteiger partial charge on any atom is 0.335 e. The number of hydrogen-bond acceptors (Lipinski definition) is 3. The number of carboxylic acid groups (broad SMARTS) is 1. The summed E-state index contributed by atoms with van der Waals surface area (Å²) in [6.07, 6.45) is 8.55. The average molecular weight is 435 g/mol. The third kappa shape index (κ3) is 5.33. The van der Waals surface area contributed by atoms with Crippen LogP contribution in [0.4, 0.5) is 0 Å². The number of para-hydroxylation sites is 1. The molecule has 5 heteroatoms. The van der Waals surface area contributed by atoms with Crippen molar-refractivity contribution in [3.8, 4) is 5.75 Å². The normalized spacial score (nSPS) is 15.3. The molecule has 0 aliphatic carbocycles. The maximum atomic E-state index is 10.9. The van der Waals surface area contributed by atoms with Gasteiger partial charge in [-0.15, -0.1) is 0 Å². The monoisotopic (exact) mass is 434 g/mol. The highest BCUT2D eigenvalue weighted by Gasteiger charge is 2.23. The summed E-state index contributed by atoms with van der Waals surface area (Å²) in [6, 6.07) is 15.5. The first-order chi connectivity index (χ1) is 15.7. The summed E-state index contributed by atoms with van der Waals surface area (Å²) >= 11 is 0. The van der Waals surface area contributed by atoms with Crippen LogP contribution in [0.5, 0.6) is 5.75 Å². The van der Waals surface area contributed by atoms with E-state index in [1.54, 1.807) is 24.3 Å². The Balaban J connectivity index is 1.30. The standard InChI is InChI=1S/C27H34N2O3/c1-2-3-6-15-29-20-25(24-7-4-5-8-26(24)29)21-13-16-28(17-14-21)18-19-32-23-11-9-22(10-12-23)27(30)31/h4-5,7-12,20-21H,2-3,6,13-19H2,1H3,(H,30,31). The number of aromatic carboxylic acids is 1. The molecule has 1 aliphatic heterocycles. The zero-order valence-electron chi connectivity index (χ0n) is 19.0. The van der Waals surface area contributed by atoms with Crippen molar-refractivity contribution in [2.45, 2.75) is 51.5 Å². The molecule has 0 bridgehead atoms. The predicted molar refractivity (Wildman–Crippen MR) is 129 cm³/mol. The van der Waals surface area contributed by atoms with E-state index >= 15 is 0 Å². The Labute approximate surface area is 190 Å². The van der Waals surface area contributed by atoms with Crippen LogP contribution in [-0.4, -0.2) is 46.8 Å². The van der Waals surface area contributed by atoms with Crippen molar-refractivity contribution in [1.29, 1.82) is 0 Å². The number of aromatic nitrogens is 1. The van der Waals surface area contributed by atoms with Crippen LogP contribution in [0.15, 0.2) is 54.7 Å². The number of carbonyl (C=O) groups is 1. The first-order valence-electron chi connectivity index (χ1n) is 11.9. The van der Waals surface area contributed by atoms with Crippen LogP contribution in [0.1, 0.15) is 60.9 Å². The highest BCUT2D eigenvalue weighted by molar-refractivity contribution is 5.87. The molecule has 32 heavy (non-hydrogen) atoms. The second-order valence-electron chi connectivity index (χ2n) is 8.80. The first kappa shape index (κ1) is 22.4. The predicted octanol–water partition coefficient (Wildman–Crippen LogP) is 5.79. The van der Waals surface area contributed by atoms with Crippen LogP contribution in [0, 0.1) is 0 Å². The topological polar surface area (TPSA) is 54.7 Å². The summed E-state index contributed by atoms with van der Waals surface area (Å²) in [5.41, 5.74) is 3.18. The van der Waals surface area contributed by atoms with E-state index in [-0.39, 0.29) is 5.56 Å². The Kier molecular flexibility index (Phi) is 7.48. The molecule has 0 unspecified atom stereocenters. The Morgan fingerprint density at radius 2 is 1.78 bits per heavy atom. The van der Waals surface area contributed by atoms with Crippen molar-refractivity contribution in [2.75, 3.05) is 26.2 Å². The van der Waals surface area contributed by atoms with Gasteiger partial charge in [0.2, 0.25) is 0 Å². The SMILES string of the molecule is CCCCCn1cc(C2CCN(CCOc3ccc(C(=O)O)cc3)CC2)c2ccccc21. The first-order valence-corrected chi connectivity index (χ1v) is 11.9. The molecule has 1 saturated heterocycles. The second-order valence-corrected chi connectivity index (χ2v) is 8.80. The van der Waals surface area contributed by atoms with Gasteiger partial charge in [0.25, 0.3) is 0 Å². The molecule has 3 aromatic rings. The van der Waals surface area contributed by atoms with Gasteiger partial charge in [0, 0.05) is 30.2 Å². The van der Waals surface area contributed by atoms with Gasteiger partial charge in [-0.3, -0.25) is 4.90 Å². The number of rotatable bonds is 10. The third-order valence-electron chi connectivity index (χ3n) is 6.63. The van der Waals surface area contributed by atoms with Gasteiger partial charge >= 0.3 is 5.97 Å². The number of nitrogens with zero attached hydrogens (tertiary/aromatic N) is 2. The van der Waals surface area contributed by atoms with Gasteiger partial charge in [-0.05, 0) is 74.2 Å². The van der Waals surface area contributed by atoms with Gasteiger partial charge < -0.3 is 14.4 Å². The number of ether oxygens (including phenoxy) is 1. The molecule has 170 valence electrons. The van der Waals surface area contributed by atoms with Crippen LogP contribution in [0.2, 0.25) is 0 Å². The van der Waals surface area contributed by atoms with E-state index in [4.69, 9.17) is 9.84 Å². The number of hydrogen-bond donors (Lipinski definition) is 1. The minimum Gasteiger partial charge on any atom is -0.492 e. The van der Waals surface area contributed by atoms with Crippen molar-refractivity contribution in [1.82, 2.24) is 9.47 Å². The molecule has 2 heterocycles. The molecule has 0 saturated carbocycles. The summed E-state index contributed by atoms with van der Waals surface area (Å²) in [7, 11) is 0. The Bertz CT molecular complexity index is 1020. The molecular formula is C27H34N2O3. The highest BCUT2D eigenvalue weighted by Crippen LogP contribution is 2.34. The van der Waals surface area contributed by atoms with Crippen molar-refractivity contribution < 1.29 is 14.6 Å². The van der Waals surface area contributed by atoms with E-state index in [2.05, 4.69) is 46.9 Å². The number of likely N-dealkylation sites (tertiary alicyclic amines) is 1. The molecule has 0 atom stereocenters. The smallest absolute Gasteiger partial charge is 0.335 e. The minimum atomic E-state index is -0.913. The fourth-order valence-electron chi connectivity index (χ4n) is 4.77. The lowest BCUT2D eigenvalue weighted by Crippen LogP contribution is -2.35. The van der Waals surface area contributed by atoms with E-state index in [0.717, 1.165) is 31.9 Å². The summed E-state index contributed by atoms with van der Waals surface area (Å²) < 4.78 is 8.29. The summed E-state index contributed by atoms with van der Waals surface area (Å²) in [5.74, 6) is 0.428. The number of piperidine rings is 1. The maximum absolute atomic E-state index is 10.9. The summed E-state index contributed by atoms with van der Waals surface area (Å²) in [4.78, 5) is 13.4. The zero-order valence-corrected chi connectivity index (χ0v) is 19.0. The quantitative estimate of drug-likeness (QED) is 0.411. The van der Waals surface area contributed by atoms with Crippen molar-refractivity contribution in [2.24, 2.45) is 0 Å². The molecule has 1 aromatic heterocycles. The lowest BCUT2D eigenvalue weighted by Gasteiger charge is -2.31. The van der Waals surface area contributed by atoms with Gasteiger partial charge in [-0.1, -0.05) is 38.0 Å². The Morgan fingerprint density at radius 3 is 2.50 bits per heavy atom. The van der Waals surface area contributed by atoms with Gasteiger partial charge in [0.05, 0.1) is 5.56 Å². The fraction of sp³-hybridized carbons (Fsp3) is 0.444. The van der Waals surface area contributed by atoms with Gasteiger partial charge in [-0.2, -0.15) is 0 Å². The van der Waals surface area contributed by atoms with E-state index in [0.29, 0.717) is 12.5 Å². The lowest BCUT2D eigenvalue weighted by molar-refractivity contribution is 0.0697. The van der Waals surface area contributed by atoms with E-state index in [1.165, 1.54) is 48.6 Å². The van der Waals surface area contributed by atoms with Crippen LogP contribution in [-0.2, 0) is 6.54 Å². The Morgan fingerprint density at radius 1 is 1.03 bits per heavy atom. The molecule has 0 radical (unpaired) electrons.